The summed E-state index contributed by atoms with van der Waals surface area (Å²) in [5.41, 5.74) is 9.97. The molecule has 4 nitrogen and oxygen atoms in total. The van der Waals surface area contributed by atoms with E-state index < -0.39 is 30.4 Å². The summed E-state index contributed by atoms with van der Waals surface area (Å²) in [6.45, 7) is 13.2. The zero-order valence-electron chi connectivity index (χ0n) is 40.6. The summed E-state index contributed by atoms with van der Waals surface area (Å²) in [7, 11) is 0. The van der Waals surface area contributed by atoms with Crippen molar-refractivity contribution in [1.82, 2.24) is 15.0 Å². The van der Waals surface area contributed by atoms with E-state index in [4.69, 9.17) is 11.3 Å². The smallest absolute Gasteiger partial charge is 0.216 e. The molecular weight excluding hydrogens is 875 g/mol. The van der Waals surface area contributed by atoms with E-state index in [0.717, 1.165) is 16.6 Å². The first-order chi connectivity index (χ1) is 29.5. The summed E-state index contributed by atoms with van der Waals surface area (Å²) in [5.74, 6) is 0. The van der Waals surface area contributed by atoms with Crippen molar-refractivity contribution < 1.29 is 34.1 Å². The quantitative estimate of drug-likeness (QED) is 0.149. The SMILES string of the molecule is Cc1cnc(-c2[c-]cc(C)c(-c3ccccc3)c2)cc1C.[2H]C([2H])([2H])c1ccc2c(n1)oc1c(-c3cc(C(C)(C)C([2H])([2H])c4ccc(C([2H])([2H])C(C)(C)C)cc4)ccn3)[c-]ccc12.[Ir]. The molecule has 0 aliphatic rings. The van der Waals surface area contributed by atoms with E-state index in [9.17, 15) is 2.74 Å². The molecule has 4 aromatic carbocycles. The van der Waals surface area contributed by atoms with E-state index in [1.54, 1.807) is 48.7 Å². The fourth-order valence-electron chi connectivity index (χ4n) is 6.68. The van der Waals surface area contributed by atoms with Crippen molar-refractivity contribution in [2.24, 2.45) is 5.41 Å². The minimum Gasteiger partial charge on any atom is -0.486 e. The van der Waals surface area contributed by atoms with Gasteiger partial charge in [-0.25, -0.2) is 4.98 Å². The molecule has 0 aliphatic heterocycles. The molecule has 4 aromatic heterocycles. The molecule has 0 amide bonds. The average molecular weight is 933 g/mol. The van der Waals surface area contributed by atoms with Crippen LogP contribution in [0.15, 0.2) is 126 Å². The molecule has 0 fully saturated rings. The van der Waals surface area contributed by atoms with E-state index in [1.165, 1.54) is 33.9 Å². The van der Waals surface area contributed by atoms with Crippen LogP contribution in [0.5, 0.6) is 0 Å². The van der Waals surface area contributed by atoms with Crippen LogP contribution in [-0.4, -0.2) is 15.0 Å². The van der Waals surface area contributed by atoms with E-state index >= 15 is 0 Å². The first kappa shape index (κ1) is 32.8. The van der Waals surface area contributed by atoms with Gasteiger partial charge in [0.15, 0.2) is 0 Å². The Hall–Kier alpha value is -5.22. The normalized spacial score (nSPS) is 14.1. The fourth-order valence-corrected chi connectivity index (χ4v) is 6.68. The molecule has 5 heteroatoms. The number of benzene rings is 4. The number of hydrogen-bond acceptors (Lipinski definition) is 4. The monoisotopic (exact) mass is 933 g/mol. The van der Waals surface area contributed by atoms with Crippen molar-refractivity contribution in [2.75, 3.05) is 0 Å². The number of hydrogen-bond donors (Lipinski definition) is 0. The van der Waals surface area contributed by atoms with Gasteiger partial charge in [-0.05, 0) is 102 Å². The Bertz CT molecular complexity index is 2940. The summed E-state index contributed by atoms with van der Waals surface area (Å²) in [4.78, 5) is 13.3. The van der Waals surface area contributed by atoms with Crippen LogP contribution in [-0.2, 0) is 38.3 Å². The Morgan fingerprint density at radius 3 is 2.16 bits per heavy atom. The third-order valence-electron chi connectivity index (χ3n) is 9.79. The van der Waals surface area contributed by atoms with Gasteiger partial charge in [0.25, 0.3) is 0 Å². The molecule has 291 valence electrons. The van der Waals surface area contributed by atoms with Crippen LogP contribution in [0.4, 0.5) is 0 Å². The first-order valence-electron chi connectivity index (χ1n) is 22.3. The molecule has 0 atom stereocenters. The standard InChI is InChI=1S/C32H33N2O.C20H18N.Ir/c1-21-10-15-26-25-8-7-9-27(29(25)35-30(26)34-21)28-18-24(16-17-33-28)32(5,6)20-23-13-11-22(12-14-23)19-31(2,3)4;1-14-9-10-18(20-11-15(2)16(3)13-21-20)12-19(14)17-7-5-4-6-8-17;/h7-8,10-18H,19-20H2,1-6H3;4-9,11-13H,1-3H3;/q2*-1;/i1D3,19D2,20D2;;. The van der Waals surface area contributed by atoms with Crippen LogP contribution in [0, 0.1) is 45.2 Å². The third kappa shape index (κ3) is 9.67. The van der Waals surface area contributed by atoms with Crippen molar-refractivity contribution in [2.45, 2.75) is 80.4 Å². The average Bonchev–Trinajstić information content (AvgIpc) is 3.63. The molecule has 0 unspecified atom stereocenters. The van der Waals surface area contributed by atoms with Crippen LogP contribution in [0.3, 0.4) is 0 Å². The van der Waals surface area contributed by atoms with Crippen LogP contribution in [0.1, 0.15) is 83.3 Å². The summed E-state index contributed by atoms with van der Waals surface area (Å²) in [6, 6.07) is 40.4. The Kier molecular flexibility index (Phi) is 9.85. The van der Waals surface area contributed by atoms with Crippen LogP contribution >= 0.6 is 0 Å². The van der Waals surface area contributed by atoms with E-state index in [-0.39, 0.29) is 31.5 Å². The van der Waals surface area contributed by atoms with Gasteiger partial charge in [0, 0.05) is 53.2 Å². The molecule has 0 saturated carbocycles. The van der Waals surface area contributed by atoms with Crippen LogP contribution < -0.4 is 0 Å². The second kappa shape index (κ2) is 17.1. The van der Waals surface area contributed by atoms with Gasteiger partial charge in [-0.2, -0.15) is 0 Å². The minimum atomic E-state index is -2.36. The van der Waals surface area contributed by atoms with Gasteiger partial charge in [-0.3, -0.25) is 0 Å². The van der Waals surface area contributed by atoms with E-state index in [0.29, 0.717) is 38.9 Å². The second-order valence-corrected chi connectivity index (χ2v) is 15.8. The van der Waals surface area contributed by atoms with Crippen molar-refractivity contribution in [3.8, 4) is 33.6 Å². The Balaban J connectivity index is 0.000000259. The van der Waals surface area contributed by atoms with E-state index in [1.807, 2.05) is 59.0 Å². The molecule has 0 saturated heterocycles. The third-order valence-corrected chi connectivity index (χ3v) is 9.79. The maximum Gasteiger partial charge on any atom is 0.216 e. The fraction of sp³-hybridized carbons (Fsp3) is 0.250. The summed E-state index contributed by atoms with van der Waals surface area (Å²) in [5, 5.41) is 1.43. The molecule has 4 heterocycles. The van der Waals surface area contributed by atoms with Crippen LogP contribution in [0.25, 0.3) is 55.7 Å². The Labute approximate surface area is 362 Å². The van der Waals surface area contributed by atoms with Gasteiger partial charge in [-0.15, -0.1) is 47.5 Å². The van der Waals surface area contributed by atoms with Crippen LogP contribution in [0.2, 0.25) is 0 Å². The number of nitrogens with zero attached hydrogens (tertiary/aromatic N) is 3. The molecule has 57 heavy (non-hydrogen) atoms. The molecule has 0 bridgehead atoms. The van der Waals surface area contributed by atoms with Gasteiger partial charge < -0.3 is 14.4 Å². The molecule has 0 spiro atoms. The molecule has 8 rings (SSSR count). The molecule has 1 radical (unpaired) electrons. The summed E-state index contributed by atoms with van der Waals surface area (Å²) < 4.78 is 64.6. The van der Waals surface area contributed by atoms with Gasteiger partial charge in [0.1, 0.15) is 0 Å². The predicted molar refractivity (Wildman–Crippen MR) is 233 cm³/mol. The van der Waals surface area contributed by atoms with E-state index in [2.05, 4.69) is 90.3 Å². The van der Waals surface area contributed by atoms with Gasteiger partial charge >= 0.3 is 0 Å². The summed E-state index contributed by atoms with van der Waals surface area (Å²) >= 11 is 0. The Morgan fingerprint density at radius 1 is 0.719 bits per heavy atom. The molecule has 0 aliphatic carbocycles. The largest absolute Gasteiger partial charge is 0.486 e. The zero-order valence-corrected chi connectivity index (χ0v) is 36.0. The number of aromatic nitrogens is 3. The van der Waals surface area contributed by atoms with Crippen molar-refractivity contribution >= 4 is 22.1 Å². The topological polar surface area (TPSA) is 51.8 Å². The number of rotatable bonds is 7. The molecular formula is C52H51IrN3O-2. The number of pyridine rings is 3. The van der Waals surface area contributed by atoms with Gasteiger partial charge in [-0.1, -0.05) is 130 Å². The number of fused-ring (bicyclic) bond motifs is 3. The van der Waals surface area contributed by atoms with Gasteiger partial charge in [0.2, 0.25) is 5.71 Å². The minimum absolute atomic E-state index is 0. The zero-order chi connectivity index (χ0) is 45.7. The maximum atomic E-state index is 9.18. The van der Waals surface area contributed by atoms with Gasteiger partial charge in [0.05, 0.1) is 5.58 Å². The number of furan rings is 1. The molecule has 8 aromatic rings. The van der Waals surface area contributed by atoms with Crippen molar-refractivity contribution in [1.29, 1.82) is 0 Å². The predicted octanol–water partition coefficient (Wildman–Crippen LogP) is 13.4. The molecule has 0 N–H and O–H groups in total. The van der Waals surface area contributed by atoms with Crippen molar-refractivity contribution in [3.63, 3.8) is 0 Å². The van der Waals surface area contributed by atoms with Crippen molar-refractivity contribution in [3.05, 3.63) is 173 Å². The first-order valence-corrected chi connectivity index (χ1v) is 18.8. The maximum absolute atomic E-state index is 9.18. The number of aryl methyl sites for hydroxylation is 4. The Morgan fingerprint density at radius 2 is 1.46 bits per heavy atom. The summed E-state index contributed by atoms with van der Waals surface area (Å²) in [6.07, 6.45) is 0.166. The second-order valence-electron chi connectivity index (χ2n) is 15.8.